The van der Waals surface area contributed by atoms with Gasteiger partial charge in [-0.05, 0) is 33.6 Å². The monoisotopic (exact) mass is 314 g/mol. The van der Waals surface area contributed by atoms with Gasteiger partial charge < -0.3 is 19.5 Å². The van der Waals surface area contributed by atoms with Crippen molar-refractivity contribution < 1.29 is 23.8 Å². The predicted molar refractivity (Wildman–Crippen MR) is 81.8 cm³/mol. The number of nitrogens with one attached hydrogen (secondary N) is 1. The lowest BCUT2D eigenvalue weighted by Crippen LogP contribution is -2.46. The summed E-state index contributed by atoms with van der Waals surface area (Å²) >= 11 is 0. The summed E-state index contributed by atoms with van der Waals surface area (Å²) in [6, 6.07) is -1.17. The van der Waals surface area contributed by atoms with Gasteiger partial charge in [-0.2, -0.15) is 0 Å². The Morgan fingerprint density at radius 1 is 1.32 bits per heavy atom. The fourth-order valence-electron chi connectivity index (χ4n) is 1.99. The Kier molecular flexibility index (Phi) is 5.79. The van der Waals surface area contributed by atoms with Crippen LogP contribution in [0.25, 0.3) is 0 Å². The second kappa shape index (κ2) is 6.98. The molecule has 0 aromatic carbocycles. The van der Waals surface area contributed by atoms with E-state index in [9.17, 15) is 9.59 Å². The van der Waals surface area contributed by atoms with Crippen molar-refractivity contribution in [1.29, 1.82) is 0 Å². The first-order valence-electron chi connectivity index (χ1n) is 7.37. The number of amides is 1. The Morgan fingerprint density at radius 3 is 2.36 bits per heavy atom. The molecule has 7 nitrogen and oxygen atoms in total. The molecule has 3 atom stereocenters. The third-order valence-electron chi connectivity index (χ3n) is 3.07. The highest BCUT2D eigenvalue weighted by atomic mass is 16.6. The highest BCUT2D eigenvalue weighted by Gasteiger charge is 2.38. The van der Waals surface area contributed by atoms with Crippen molar-refractivity contribution in [3.8, 4) is 0 Å². The van der Waals surface area contributed by atoms with E-state index < -0.39 is 35.9 Å². The van der Waals surface area contributed by atoms with Crippen molar-refractivity contribution in [3.05, 3.63) is 0 Å². The predicted octanol–water partition coefficient (Wildman–Crippen LogP) is 1.89. The summed E-state index contributed by atoms with van der Waals surface area (Å²) in [6.07, 6.45) is -0.976. The van der Waals surface area contributed by atoms with Crippen LogP contribution in [0.2, 0.25) is 0 Å². The topological polar surface area (TPSA) is 86.2 Å². The Balaban J connectivity index is 2.84. The molecule has 0 saturated heterocycles. The van der Waals surface area contributed by atoms with Gasteiger partial charge in [0.05, 0.1) is 7.11 Å². The van der Waals surface area contributed by atoms with Gasteiger partial charge in [0.2, 0.25) is 5.90 Å². The number of esters is 1. The molecule has 1 aliphatic heterocycles. The summed E-state index contributed by atoms with van der Waals surface area (Å²) < 4.78 is 15.6. The number of nitrogens with zero attached hydrogens (tertiary/aromatic N) is 1. The zero-order chi connectivity index (χ0) is 17.1. The van der Waals surface area contributed by atoms with Gasteiger partial charge in [-0.15, -0.1) is 0 Å². The Labute approximate surface area is 131 Å². The molecule has 0 spiro atoms. The van der Waals surface area contributed by atoms with Gasteiger partial charge in [0.15, 0.2) is 6.04 Å². The number of alkyl carbamates (subject to hydrolysis) is 1. The smallest absolute Gasteiger partial charge is 0.408 e. The van der Waals surface area contributed by atoms with Crippen molar-refractivity contribution in [1.82, 2.24) is 5.32 Å². The molecule has 1 amide bonds. The molecule has 0 saturated carbocycles. The second-order valence-corrected chi connectivity index (χ2v) is 6.63. The first-order chi connectivity index (χ1) is 10.0. The molecule has 1 heterocycles. The van der Waals surface area contributed by atoms with Crippen LogP contribution in [0.1, 0.15) is 41.5 Å². The third-order valence-corrected chi connectivity index (χ3v) is 3.07. The summed E-state index contributed by atoms with van der Waals surface area (Å²) in [5.41, 5.74) is -0.591. The van der Waals surface area contributed by atoms with Crippen molar-refractivity contribution in [2.24, 2.45) is 10.9 Å². The van der Waals surface area contributed by atoms with Gasteiger partial charge in [0.25, 0.3) is 0 Å². The molecule has 0 radical (unpaired) electrons. The van der Waals surface area contributed by atoms with E-state index in [1.807, 2.05) is 13.8 Å². The molecule has 0 aromatic rings. The molecule has 1 rings (SSSR count). The van der Waals surface area contributed by atoms with Crippen molar-refractivity contribution in [3.63, 3.8) is 0 Å². The average molecular weight is 314 g/mol. The quantitative estimate of drug-likeness (QED) is 0.801. The molecule has 7 heteroatoms. The van der Waals surface area contributed by atoms with Gasteiger partial charge in [-0.25, -0.2) is 14.6 Å². The van der Waals surface area contributed by atoms with Gasteiger partial charge in [-0.1, -0.05) is 13.8 Å². The van der Waals surface area contributed by atoms with Crippen LogP contribution in [0.5, 0.6) is 0 Å². The molecular weight excluding hydrogens is 288 g/mol. The van der Waals surface area contributed by atoms with Gasteiger partial charge in [-0.3, -0.25) is 0 Å². The fourth-order valence-corrected chi connectivity index (χ4v) is 1.99. The van der Waals surface area contributed by atoms with E-state index >= 15 is 0 Å². The Hall–Kier alpha value is -1.79. The summed E-state index contributed by atoms with van der Waals surface area (Å²) in [7, 11) is 1.31. The number of ether oxygens (including phenoxy) is 3. The third kappa shape index (κ3) is 4.89. The van der Waals surface area contributed by atoms with E-state index in [2.05, 4.69) is 10.3 Å². The van der Waals surface area contributed by atoms with Crippen LogP contribution in [0.4, 0.5) is 4.79 Å². The molecule has 0 aliphatic carbocycles. The maximum atomic E-state index is 11.9. The Bertz CT molecular complexity index is 453. The molecule has 126 valence electrons. The minimum absolute atomic E-state index is 0.0230. The van der Waals surface area contributed by atoms with E-state index in [1.165, 1.54) is 7.11 Å². The largest absolute Gasteiger partial charge is 0.474 e. The number of methoxy groups -OCH3 is 1. The molecule has 1 N–H and O–H groups in total. The summed E-state index contributed by atoms with van der Waals surface area (Å²) in [5, 5.41) is 2.74. The van der Waals surface area contributed by atoms with Gasteiger partial charge >= 0.3 is 12.1 Å². The molecule has 0 bridgehead atoms. The highest BCUT2D eigenvalue weighted by Crippen LogP contribution is 2.20. The minimum atomic E-state index is -0.707. The number of hydrogen-bond donors (Lipinski definition) is 1. The maximum absolute atomic E-state index is 11.9. The van der Waals surface area contributed by atoms with E-state index in [4.69, 9.17) is 14.2 Å². The molecule has 0 unspecified atom stereocenters. The van der Waals surface area contributed by atoms with Crippen LogP contribution in [-0.4, -0.2) is 48.9 Å². The highest BCUT2D eigenvalue weighted by molar-refractivity contribution is 5.91. The first-order valence-corrected chi connectivity index (χ1v) is 7.37. The Morgan fingerprint density at radius 2 is 1.91 bits per heavy atom. The van der Waals surface area contributed by atoms with Crippen LogP contribution in [0.15, 0.2) is 4.99 Å². The normalized spacial score (nSPS) is 22.6. The summed E-state index contributed by atoms with van der Waals surface area (Å²) in [6.45, 7) is 10.9. The lowest BCUT2D eigenvalue weighted by Gasteiger charge is -2.25. The van der Waals surface area contributed by atoms with E-state index in [0.29, 0.717) is 5.90 Å². The van der Waals surface area contributed by atoms with E-state index in [1.54, 1.807) is 27.7 Å². The summed E-state index contributed by atoms with van der Waals surface area (Å²) in [4.78, 5) is 27.9. The van der Waals surface area contributed by atoms with E-state index in [-0.39, 0.29) is 5.92 Å². The number of rotatable bonds is 4. The number of aliphatic imine (C=N–C) groups is 1. The lowest BCUT2D eigenvalue weighted by atomic mass is 10.0. The molecule has 22 heavy (non-hydrogen) atoms. The molecule has 1 aliphatic rings. The number of carbonyl (C=O) groups excluding carboxylic acids is 2. The van der Waals surface area contributed by atoms with Crippen LogP contribution in [0, 0.1) is 5.92 Å². The van der Waals surface area contributed by atoms with Gasteiger partial charge in [0, 0.05) is 0 Å². The van der Waals surface area contributed by atoms with E-state index in [0.717, 1.165) is 0 Å². The van der Waals surface area contributed by atoms with Crippen molar-refractivity contribution in [2.75, 3.05) is 7.11 Å². The zero-order valence-electron chi connectivity index (χ0n) is 14.3. The van der Waals surface area contributed by atoms with Crippen molar-refractivity contribution in [2.45, 2.75) is 65.3 Å². The summed E-state index contributed by atoms with van der Waals surface area (Å²) in [5.74, 6) is -0.110. The van der Waals surface area contributed by atoms with Gasteiger partial charge in [0.1, 0.15) is 17.7 Å². The number of carbonyl (C=O) groups is 2. The van der Waals surface area contributed by atoms with Crippen LogP contribution in [0.3, 0.4) is 0 Å². The maximum Gasteiger partial charge on any atom is 0.408 e. The van der Waals surface area contributed by atoms with Crippen LogP contribution in [-0.2, 0) is 19.0 Å². The molecule has 0 aromatic heterocycles. The van der Waals surface area contributed by atoms with Crippen molar-refractivity contribution >= 4 is 18.0 Å². The van der Waals surface area contributed by atoms with Crippen LogP contribution < -0.4 is 5.32 Å². The lowest BCUT2D eigenvalue weighted by molar-refractivity contribution is -0.143. The minimum Gasteiger partial charge on any atom is -0.474 e. The van der Waals surface area contributed by atoms with Crippen LogP contribution >= 0.6 is 0 Å². The zero-order valence-corrected chi connectivity index (χ0v) is 14.3. The second-order valence-electron chi connectivity index (χ2n) is 6.63. The standard InChI is InChI=1S/C15H26N2O5/c1-8(2)10(17-14(19)22-15(4,5)6)12-16-11(9(3)21-12)13(18)20-7/h8-11H,1-7H3,(H,17,19)/t9-,10-,11-/m0/s1. The SMILES string of the molecule is COC(=O)[C@H]1N=C([C@@H](NC(=O)OC(C)(C)C)C(C)C)O[C@H]1C. The molecular formula is C15H26N2O5. The molecule has 0 fully saturated rings. The fraction of sp³-hybridized carbons (Fsp3) is 0.800. The number of hydrogen-bond acceptors (Lipinski definition) is 6. The average Bonchev–Trinajstić information content (AvgIpc) is 2.74. The first kappa shape index (κ1) is 18.3.